The lowest BCUT2D eigenvalue weighted by Crippen LogP contribution is -2.24. The summed E-state index contributed by atoms with van der Waals surface area (Å²) in [6.45, 7) is 1.27. The molecule has 1 rings (SSSR count). The van der Waals surface area contributed by atoms with Crippen LogP contribution in [-0.4, -0.2) is 23.6 Å². The summed E-state index contributed by atoms with van der Waals surface area (Å²) in [5.74, 6) is 0.0390. The minimum absolute atomic E-state index is 0.0390. The normalized spacial score (nSPS) is 12.9. The Hall–Kier alpha value is -1.39. The Kier molecular flexibility index (Phi) is 3.44. The van der Waals surface area contributed by atoms with E-state index in [2.05, 4.69) is 14.7 Å². The van der Waals surface area contributed by atoms with Crippen molar-refractivity contribution in [1.29, 1.82) is 5.26 Å². The van der Waals surface area contributed by atoms with Gasteiger partial charge in [0.25, 0.3) is 0 Å². The van der Waals surface area contributed by atoms with Crippen molar-refractivity contribution in [2.45, 2.75) is 12.2 Å². The third-order valence-electron chi connectivity index (χ3n) is 1.52. The minimum Gasteiger partial charge on any atom is -0.266 e. The van der Waals surface area contributed by atoms with Gasteiger partial charge in [0.15, 0.2) is 5.25 Å². The second kappa shape index (κ2) is 4.42. The molecule has 1 N–H and O–H groups in total. The molecule has 8 heteroatoms. The largest absolute Gasteiger partial charge is 0.266 e. The van der Waals surface area contributed by atoms with Crippen LogP contribution >= 0.6 is 11.6 Å². The van der Waals surface area contributed by atoms with Crippen molar-refractivity contribution in [2.24, 2.45) is 0 Å². The van der Waals surface area contributed by atoms with Crippen LogP contribution in [0.1, 0.15) is 6.92 Å². The Morgan fingerprint density at radius 2 is 2.33 bits per heavy atom. The number of nitriles is 1. The predicted octanol–water partition coefficient (Wildman–Crippen LogP) is 0.784. The van der Waals surface area contributed by atoms with Gasteiger partial charge in [-0.1, -0.05) is 0 Å². The smallest absolute Gasteiger partial charge is 0.250 e. The number of hydrogen-bond acceptors (Lipinski definition) is 5. The maximum Gasteiger partial charge on any atom is 0.250 e. The molecule has 1 unspecified atom stereocenters. The summed E-state index contributed by atoms with van der Waals surface area (Å²) in [4.78, 5) is 7.22. The summed E-state index contributed by atoms with van der Waals surface area (Å²) >= 11 is 5.47. The van der Waals surface area contributed by atoms with Gasteiger partial charge in [-0.3, -0.25) is 4.72 Å². The maximum atomic E-state index is 11.4. The first-order valence-corrected chi connectivity index (χ1v) is 5.78. The average Bonchev–Trinajstić information content (AvgIpc) is 2.15. The molecule has 0 aliphatic rings. The maximum absolute atomic E-state index is 11.4. The molecule has 80 valence electrons. The van der Waals surface area contributed by atoms with Gasteiger partial charge in [0.05, 0.1) is 6.07 Å². The zero-order chi connectivity index (χ0) is 11.5. The van der Waals surface area contributed by atoms with Crippen LogP contribution < -0.4 is 4.72 Å². The van der Waals surface area contributed by atoms with E-state index in [0.29, 0.717) is 0 Å². The molecule has 1 heterocycles. The molecular formula is C7H7ClN4O2S. The zero-order valence-corrected chi connectivity index (χ0v) is 9.25. The average molecular weight is 247 g/mol. The molecule has 1 atom stereocenters. The molecule has 1 aromatic rings. The first-order valence-electron chi connectivity index (χ1n) is 3.85. The fourth-order valence-electron chi connectivity index (χ4n) is 0.695. The Labute approximate surface area is 92.0 Å². The van der Waals surface area contributed by atoms with E-state index in [4.69, 9.17) is 16.9 Å². The van der Waals surface area contributed by atoms with Gasteiger partial charge in [-0.2, -0.15) is 10.2 Å². The molecule has 0 aliphatic heterocycles. The van der Waals surface area contributed by atoms with Crippen LogP contribution in [0.15, 0.2) is 12.3 Å². The lowest BCUT2D eigenvalue weighted by Gasteiger charge is -2.07. The second-order valence-corrected chi connectivity index (χ2v) is 4.97. The summed E-state index contributed by atoms with van der Waals surface area (Å²) < 4.78 is 24.9. The number of halogens is 1. The van der Waals surface area contributed by atoms with Crippen molar-refractivity contribution in [1.82, 2.24) is 9.97 Å². The number of hydrogen-bond donors (Lipinski definition) is 1. The van der Waals surface area contributed by atoms with E-state index in [1.54, 1.807) is 6.07 Å². The molecular weight excluding hydrogens is 240 g/mol. The van der Waals surface area contributed by atoms with Gasteiger partial charge in [0, 0.05) is 6.20 Å². The lowest BCUT2D eigenvalue weighted by atomic mass is 10.5. The van der Waals surface area contributed by atoms with Gasteiger partial charge in [-0.05, 0) is 24.6 Å². The molecule has 6 nitrogen and oxygen atoms in total. The van der Waals surface area contributed by atoms with E-state index in [0.717, 1.165) is 0 Å². The summed E-state index contributed by atoms with van der Waals surface area (Å²) in [6.07, 6.45) is 1.31. The van der Waals surface area contributed by atoms with Crippen molar-refractivity contribution < 1.29 is 8.42 Å². The quantitative estimate of drug-likeness (QED) is 0.796. The van der Waals surface area contributed by atoms with Crippen LogP contribution in [0.4, 0.5) is 5.82 Å². The molecule has 15 heavy (non-hydrogen) atoms. The van der Waals surface area contributed by atoms with E-state index in [9.17, 15) is 8.42 Å². The summed E-state index contributed by atoms with van der Waals surface area (Å²) in [5, 5.41) is 7.24. The summed E-state index contributed by atoms with van der Waals surface area (Å²) in [5.41, 5.74) is 0. The van der Waals surface area contributed by atoms with Gasteiger partial charge in [-0.15, -0.1) is 0 Å². The lowest BCUT2D eigenvalue weighted by molar-refractivity contribution is 0.597. The SMILES string of the molecule is CC(C#N)S(=O)(=O)Nc1ccnc(Cl)n1. The van der Waals surface area contributed by atoms with Crippen LogP contribution in [0.3, 0.4) is 0 Å². The Morgan fingerprint density at radius 3 is 2.87 bits per heavy atom. The monoisotopic (exact) mass is 246 g/mol. The topological polar surface area (TPSA) is 95.7 Å². The van der Waals surface area contributed by atoms with Crippen LogP contribution in [0.5, 0.6) is 0 Å². The van der Waals surface area contributed by atoms with Gasteiger partial charge < -0.3 is 0 Å². The predicted molar refractivity (Wildman–Crippen MR) is 54.7 cm³/mol. The molecule has 0 aliphatic carbocycles. The minimum atomic E-state index is -3.74. The second-order valence-electron chi connectivity index (χ2n) is 2.63. The van der Waals surface area contributed by atoms with Crippen LogP contribution in [0.2, 0.25) is 5.28 Å². The van der Waals surface area contributed by atoms with Crippen molar-refractivity contribution in [3.05, 3.63) is 17.5 Å². The van der Waals surface area contributed by atoms with Crippen molar-refractivity contribution in [3.8, 4) is 6.07 Å². The molecule has 0 radical (unpaired) electrons. The number of nitrogens with one attached hydrogen (secondary N) is 1. The number of anilines is 1. The molecule has 0 fully saturated rings. The highest BCUT2D eigenvalue weighted by Gasteiger charge is 2.20. The number of nitrogens with zero attached hydrogens (tertiary/aromatic N) is 3. The summed E-state index contributed by atoms with van der Waals surface area (Å²) in [6, 6.07) is 2.95. The van der Waals surface area contributed by atoms with Crippen LogP contribution in [0.25, 0.3) is 0 Å². The highest BCUT2D eigenvalue weighted by molar-refractivity contribution is 7.93. The standard InChI is InChI=1S/C7H7ClN4O2S/c1-5(4-9)15(13,14)12-6-2-3-10-7(8)11-6/h2-3,5H,1H3,(H,10,11,12). The van der Waals surface area contributed by atoms with Gasteiger partial charge in [0.2, 0.25) is 15.3 Å². The molecule has 0 aromatic carbocycles. The fraction of sp³-hybridized carbons (Fsp3) is 0.286. The Balaban J connectivity index is 2.93. The molecule has 0 saturated heterocycles. The molecule has 1 aromatic heterocycles. The highest BCUT2D eigenvalue weighted by atomic mass is 35.5. The van der Waals surface area contributed by atoms with E-state index in [-0.39, 0.29) is 11.1 Å². The molecule has 0 spiro atoms. The van der Waals surface area contributed by atoms with Gasteiger partial charge in [0.1, 0.15) is 5.82 Å². The van der Waals surface area contributed by atoms with Gasteiger partial charge >= 0.3 is 0 Å². The third-order valence-corrected chi connectivity index (χ3v) is 3.23. The zero-order valence-electron chi connectivity index (χ0n) is 7.68. The molecule has 0 saturated carbocycles. The first-order chi connectivity index (χ1) is 6.95. The van der Waals surface area contributed by atoms with Gasteiger partial charge in [-0.25, -0.2) is 13.4 Å². The van der Waals surface area contributed by atoms with E-state index in [1.807, 2.05) is 0 Å². The van der Waals surface area contributed by atoms with Crippen molar-refractivity contribution >= 4 is 27.4 Å². The number of rotatable bonds is 3. The number of aromatic nitrogens is 2. The summed E-state index contributed by atoms with van der Waals surface area (Å²) in [7, 11) is -3.74. The van der Waals surface area contributed by atoms with Crippen LogP contribution in [0, 0.1) is 11.3 Å². The Bertz CT molecular complexity index is 496. The fourth-order valence-corrected chi connectivity index (χ4v) is 1.56. The highest BCUT2D eigenvalue weighted by Crippen LogP contribution is 2.10. The molecule has 0 amide bonds. The number of sulfonamides is 1. The van der Waals surface area contributed by atoms with Crippen LogP contribution in [-0.2, 0) is 10.0 Å². The Morgan fingerprint density at radius 1 is 1.67 bits per heavy atom. The van der Waals surface area contributed by atoms with E-state index < -0.39 is 15.3 Å². The van der Waals surface area contributed by atoms with E-state index >= 15 is 0 Å². The third kappa shape index (κ3) is 3.04. The van der Waals surface area contributed by atoms with Crippen molar-refractivity contribution in [2.75, 3.05) is 4.72 Å². The van der Waals surface area contributed by atoms with Crippen molar-refractivity contribution in [3.63, 3.8) is 0 Å². The first kappa shape index (κ1) is 11.7. The molecule has 0 bridgehead atoms. The van der Waals surface area contributed by atoms with E-state index in [1.165, 1.54) is 19.2 Å².